The van der Waals surface area contributed by atoms with Crippen molar-refractivity contribution < 1.29 is 4.79 Å². The lowest BCUT2D eigenvalue weighted by Crippen LogP contribution is -2.45. The molecule has 0 aromatic heterocycles. The van der Waals surface area contributed by atoms with E-state index in [1.165, 1.54) is 19.3 Å². The first-order valence-corrected chi connectivity index (χ1v) is 7.34. The number of carbonyl (C=O) groups is 1. The molecule has 0 radical (unpaired) electrons. The highest BCUT2D eigenvalue weighted by Crippen LogP contribution is 2.45. The zero-order valence-corrected chi connectivity index (χ0v) is 11.2. The van der Waals surface area contributed by atoms with E-state index in [0.717, 1.165) is 5.75 Å². The maximum absolute atomic E-state index is 11.3. The average molecular weight is 242 g/mol. The highest BCUT2D eigenvalue weighted by molar-refractivity contribution is 8.00. The number of urea groups is 1. The Labute approximate surface area is 102 Å². The lowest BCUT2D eigenvalue weighted by atomic mass is 9.76. The van der Waals surface area contributed by atoms with Gasteiger partial charge >= 0.3 is 6.03 Å². The molecule has 4 atom stereocenters. The zero-order valence-electron chi connectivity index (χ0n) is 10.4. The van der Waals surface area contributed by atoms with Gasteiger partial charge in [0.15, 0.2) is 0 Å². The number of thioether (sulfide) groups is 1. The number of fused-ring (bicyclic) bond motifs is 1. The van der Waals surface area contributed by atoms with Crippen molar-refractivity contribution in [1.82, 2.24) is 10.6 Å². The lowest BCUT2D eigenvalue weighted by molar-refractivity contribution is 0.235. The Morgan fingerprint density at radius 3 is 2.81 bits per heavy atom. The van der Waals surface area contributed by atoms with Crippen molar-refractivity contribution in [2.24, 2.45) is 5.41 Å². The molecule has 2 N–H and O–H groups in total. The van der Waals surface area contributed by atoms with Crippen molar-refractivity contribution in [3.05, 3.63) is 0 Å². The first-order valence-electron chi connectivity index (χ1n) is 6.29. The second-order valence-corrected chi connectivity index (χ2v) is 6.44. The fourth-order valence-electron chi connectivity index (χ4n) is 3.02. The van der Waals surface area contributed by atoms with E-state index in [1.807, 2.05) is 11.8 Å². The molecule has 4 heteroatoms. The normalized spacial score (nSPS) is 36.4. The maximum atomic E-state index is 11.3. The van der Waals surface area contributed by atoms with Gasteiger partial charge in [0.1, 0.15) is 0 Å². The van der Waals surface area contributed by atoms with Crippen LogP contribution in [0.4, 0.5) is 4.79 Å². The second kappa shape index (κ2) is 4.47. The van der Waals surface area contributed by atoms with Crippen molar-refractivity contribution in [2.45, 2.75) is 57.4 Å². The predicted octanol–water partition coefficient (Wildman–Crippen LogP) is 2.37. The summed E-state index contributed by atoms with van der Waals surface area (Å²) in [6, 6.07) is 0.717. The number of rotatable bonds is 4. The number of amides is 2. The first kappa shape index (κ1) is 12.1. The summed E-state index contributed by atoms with van der Waals surface area (Å²) in [6.45, 7) is 6.89. The minimum Gasteiger partial charge on any atom is -0.332 e. The summed E-state index contributed by atoms with van der Waals surface area (Å²) in [7, 11) is 0. The van der Waals surface area contributed by atoms with Crippen LogP contribution in [0.25, 0.3) is 0 Å². The largest absolute Gasteiger partial charge is 0.332 e. The quantitative estimate of drug-likeness (QED) is 0.743. The Morgan fingerprint density at radius 2 is 2.19 bits per heavy atom. The molecule has 0 aromatic rings. The van der Waals surface area contributed by atoms with Crippen LogP contribution in [0.15, 0.2) is 0 Å². The van der Waals surface area contributed by atoms with Crippen LogP contribution in [0.1, 0.15) is 40.0 Å². The van der Waals surface area contributed by atoms with Gasteiger partial charge in [-0.2, -0.15) is 11.8 Å². The second-order valence-electron chi connectivity index (χ2n) is 5.26. The monoisotopic (exact) mass is 242 g/mol. The molecule has 0 spiro atoms. The van der Waals surface area contributed by atoms with E-state index in [9.17, 15) is 4.79 Å². The molecule has 0 aliphatic carbocycles. The van der Waals surface area contributed by atoms with E-state index in [0.29, 0.717) is 22.7 Å². The summed E-state index contributed by atoms with van der Waals surface area (Å²) in [5.74, 6) is 1.06. The van der Waals surface area contributed by atoms with E-state index in [4.69, 9.17) is 0 Å². The molecule has 2 rings (SSSR count). The number of nitrogens with one attached hydrogen (secondary N) is 2. The molecule has 2 heterocycles. The van der Waals surface area contributed by atoms with Crippen LogP contribution in [0.3, 0.4) is 0 Å². The SMILES string of the molecule is CCCC(C)(CC)C1SCC2NC(=O)NC21. The smallest absolute Gasteiger partial charge is 0.315 e. The minimum atomic E-state index is 0.0234. The number of hydrogen-bond acceptors (Lipinski definition) is 2. The van der Waals surface area contributed by atoms with Gasteiger partial charge in [0, 0.05) is 11.0 Å². The minimum absolute atomic E-state index is 0.0234. The standard InChI is InChI=1S/C12H22N2OS/c1-4-6-12(3,5-2)10-9-8(7-16-10)13-11(15)14-9/h8-10H,4-7H2,1-3H3,(H2,13,14,15). The van der Waals surface area contributed by atoms with E-state index < -0.39 is 0 Å². The summed E-state index contributed by atoms with van der Waals surface area (Å²) < 4.78 is 0. The van der Waals surface area contributed by atoms with Gasteiger partial charge in [-0.3, -0.25) is 0 Å². The molecule has 2 aliphatic heterocycles. The third-order valence-corrected chi connectivity index (χ3v) is 5.92. The van der Waals surface area contributed by atoms with Gasteiger partial charge in [0.05, 0.1) is 12.1 Å². The summed E-state index contributed by atoms with van der Waals surface area (Å²) in [4.78, 5) is 11.3. The van der Waals surface area contributed by atoms with Gasteiger partial charge in [0.2, 0.25) is 0 Å². The van der Waals surface area contributed by atoms with Gasteiger partial charge in [-0.15, -0.1) is 0 Å². The van der Waals surface area contributed by atoms with Crippen molar-refractivity contribution in [2.75, 3.05) is 5.75 Å². The Balaban J connectivity index is 2.11. The van der Waals surface area contributed by atoms with E-state index in [1.54, 1.807) is 0 Å². The van der Waals surface area contributed by atoms with Crippen molar-refractivity contribution >= 4 is 17.8 Å². The van der Waals surface area contributed by atoms with Crippen LogP contribution in [-0.4, -0.2) is 29.1 Å². The van der Waals surface area contributed by atoms with Gasteiger partial charge in [0.25, 0.3) is 0 Å². The first-order chi connectivity index (χ1) is 7.60. The molecule has 16 heavy (non-hydrogen) atoms. The Bertz CT molecular complexity index is 284. The van der Waals surface area contributed by atoms with Crippen LogP contribution in [0, 0.1) is 5.41 Å². The fourth-order valence-corrected chi connectivity index (χ4v) is 4.88. The van der Waals surface area contributed by atoms with Crippen LogP contribution in [0.2, 0.25) is 0 Å². The lowest BCUT2D eigenvalue weighted by Gasteiger charge is -2.37. The highest BCUT2D eigenvalue weighted by atomic mass is 32.2. The van der Waals surface area contributed by atoms with Crippen molar-refractivity contribution in [3.8, 4) is 0 Å². The van der Waals surface area contributed by atoms with Crippen LogP contribution >= 0.6 is 11.8 Å². The van der Waals surface area contributed by atoms with E-state index in [2.05, 4.69) is 31.4 Å². The van der Waals surface area contributed by atoms with Gasteiger partial charge < -0.3 is 10.6 Å². The fraction of sp³-hybridized carbons (Fsp3) is 0.917. The number of hydrogen-bond donors (Lipinski definition) is 2. The zero-order chi connectivity index (χ0) is 11.8. The maximum Gasteiger partial charge on any atom is 0.315 e. The average Bonchev–Trinajstić information content (AvgIpc) is 2.76. The topological polar surface area (TPSA) is 41.1 Å². The highest BCUT2D eigenvalue weighted by Gasteiger charge is 2.49. The molecule has 2 saturated heterocycles. The van der Waals surface area contributed by atoms with Crippen LogP contribution < -0.4 is 10.6 Å². The molecule has 92 valence electrons. The molecule has 2 fully saturated rings. The molecular formula is C12H22N2OS. The Kier molecular flexibility index (Phi) is 3.38. The molecule has 2 amide bonds. The van der Waals surface area contributed by atoms with Crippen LogP contribution in [0.5, 0.6) is 0 Å². The van der Waals surface area contributed by atoms with Gasteiger partial charge in [-0.1, -0.05) is 27.2 Å². The summed E-state index contributed by atoms with van der Waals surface area (Å²) in [6.07, 6.45) is 3.66. The third kappa shape index (κ3) is 1.92. The number of carbonyl (C=O) groups excluding carboxylic acids is 1. The molecule has 0 bridgehead atoms. The van der Waals surface area contributed by atoms with E-state index in [-0.39, 0.29) is 6.03 Å². The molecule has 0 aromatic carbocycles. The summed E-state index contributed by atoms with van der Waals surface area (Å²) in [5, 5.41) is 6.68. The van der Waals surface area contributed by atoms with Gasteiger partial charge in [-0.05, 0) is 18.3 Å². The third-order valence-electron chi connectivity index (χ3n) is 4.14. The molecular weight excluding hydrogens is 220 g/mol. The Morgan fingerprint density at radius 1 is 1.44 bits per heavy atom. The molecule has 0 saturated carbocycles. The predicted molar refractivity (Wildman–Crippen MR) is 68.8 cm³/mol. The summed E-state index contributed by atoms with van der Waals surface area (Å²) >= 11 is 2.03. The van der Waals surface area contributed by atoms with E-state index >= 15 is 0 Å². The molecule has 3 nitrogen and oxygen atoms in total. The van der Waals surface area contributed by atoms with Crippen molar-refractivity contribution in [3.63, 3.8) is 0 Å². The molecule has 4 unspecified atom stereocenters. The summed E-state index contributed by atoms with van der Waals surface area (Å²) in [5.41, 5.74) is 0.359. The Hall–Kier alpha value is -0.380. The van der Waals surface area contributed by atoms with Crippen LogP contribution in [-0.2, 0) is 0 Å². The van der Waals surface area contributed by atoms with Gasteiger partial charge in [-0.25, -0.2) is 4.79 Å². The molecule has 2 aliphatic rings. The van der Waals surface area contributed by atoms with Crippen molar-refractivity contribution in [1.29, 1.82) is 0 Å².